The lowest BCUT2D eigenvalue weighted by Crippen LogP contribution is -2.44. The molecule has 2 aliphatic carbocycles. The molecule has 2 aromatic rings. The molecule has 1 aliphatic heterocycles. The Morgan fingerprint density at radius 2 is 1.93 bits per heavy atom. The van der Waals surface area contributed by atoms with E-state index in [0.29, 0.717) is 30.1 Å². The highest BCUT2D eigenvalue weighted by atomic mass is 19.1. The SMILES string of the molecule is O=C(c1ccc(C2=C(F)CCC=N2)cc1)N(C1CC1)C1CCc2[nH]ncc2C1. The summed E-state index contributed by atoms with van der Waals surface area (Å²) in [4.78, 5) is 19.6. The summed E-state index contributed by atoms with van der Waals surface area (Å²) in [6, 6.07) is 7.80. The topological polar surface area (TPSA) is 61.4 Å². The number of H-pyrrole nitrogens is 1. The fourth-order valence-electron chi connectivity index (χ4n) is 4.30. The van der Waals surface area contributed by atoms with Crippen LogP contribution in [0.25, 0.3) is 5.70 Å². The molecule has 28 heavy (non-hydrogen) atoms. The fourth-order valence-corrected chi connectivity index (χ4v) is 4.30. The summed E-state index contributed by atoms with van der Waals surface area (Å²) in [6.07, 6.45) is 9.58. The van der Waals surface area contributed by atoms with Gasteiger partial charge in [0.15, 0.2) is 0 Å². The van der Waals surface area contributed by atoms with Crippen molar-refractivity contribution in [1.29, 1.82) is 0 Å². The molecule has 2 heterocycles. The van der Waals surface area contributed by atoms with Gasteiger partial charge in [-0.2, -0.15) is 5.10 Å². The first-order valence-electron chi connectivity index (χ1n) is 10.1. The highest BCUT2D eigenvalue weighted by molar-refractivity contribution is 5.95. The average Bonchev–Trinajstić information content (AvgIpc) is 3.44. The van der Waals surface area contributed by atoms with Gasteiger partial charge in [0.2, 0.25) is 0 Å². The number of fused-ring (bicyclic) bond motifs is 1. The van der Waals surface area contributed by atoms with Crippen LogP contribution < -0.4 is 0 Å². The van der Waals surface area contributed by atoms with Crippen LogP contribution in [-0.2, 0) is 12.8 Å². The number of aryl methyl sites for hydroxylation is 1. The van der Waals surface area contributed by atoms with Gasteiger partial charge < -0.3 is 4.90 Å². The van der Waals surface area contributed by atoms with E-state index in [0.717, 1.165) is 37.7 Å². The van der Waals surface area contributed by atoms with Gasteiger partial charge >= 0.3 is 0 Å². The minimum absolute atomic E-state index is 0.0765. The quantitative estimate of drug-likeness (QED) is 0.872. The van der Waals surface area contributed by atoms with Crippen molar-refractivity contribution in [1.82, 2.24) is 15.1 Å². The van der Waals surface area contributed by atoms with Gasteiger partial charge in [0, 0.05) is 41.5 Å². The number of carbonyl (C=O) groups is 1. The highest BCUT2D eigenvalue weighted by Crippen LogP contribution is 2.35. The maximum Gasteiger partial charge on any atom is 0.254 e. The van der Waals surface area contributed by atoms with Gasteiger partial charge in [-0.1, -0.05) is 12.1 Å². The van der Waals surface area contributed by atoms with Crippen molar-refractivity contribution in [3.63, 3.8) is 0 Å². The van der Waals surface area contributed by atoms with Gasteiger partial charge in [0.05, 0.1) is 6.20 Å². The average molecular weight is 378 g/mol. The van der Waals surface area contributed by atoms with Crippen molar-refractivity contribution < 1.29 is 9.18 Å². The molecule has 6 heteroatoms. The second-order valence-corrected chi connectivity index (χ2v) is 7.90. The molecule has 1 N–H and O–H groups in total. The molecule has 3 aliphatic rings. The van der Waals surface area contributed by atoms with Crippen molar-refractivity contribution in [2.24, 2.45) is 4.99 Å². The highest BCUT2D eigenvalue weighted by Gasteiger charge is 2.39. The summed E-state index contributed by atoms with van der Waals surface area (Å²) in [7, 11) is 0. The Balaban J connectivity index is 1.38. The van der Waals surface area contributed by atoms with Crippen LogP contribution in [0.15, 0.2) is 41.3 Å². The number of hydrogen-bond donors (Lipinski definition) is 1. The Morgan fingerprint density at radius 3 is 2.68 bits per heavy atom. The van der Waals surface area contributed by atoms with E-state index in [4.69, 9.17) is 0 Å². The van der Waals surface area contributed by atoms with E-state index in [2.05, 4.69) is 20.1 Å². The minimum atomic E-state index is -0.181. The van der Waals surface area contributed by atoms with Crippen molar-refractivity contribution in [2.45, 2.75) is 57.0 Å². The van der Waals surface area contributed by atoms with Crippen molar-refractivity contribution in [3.05, 3.63) is 58.7 Å². The number of aromatic nitrogens is 2. The molecule has 0 radical (unpaired) electrons. The summed E-state index contributed by atoms with van der Waals surface area (Å²) < 4.78 is 14.1. The third kappa shape index (κ3) is 3.17. The molecule has 5 rings (SSSR count). The number of allylic oxidation sites excluding steroid dienone is 1. The van der Waals surface area contributed by atoms with Crippen LogP contribution in [0.4, 0.5) is 4.39 Å². The summed E-state index contributed by atoms with van der Waals surface area (Å²) in [5.74, 6) is -0.105. The fraction of sp³-hybridized carbons (Fsp3) is 0.409. The second kappa shape index (κ2) is 7.00. The summed E-state index contributed by atoms with van der Waals surface area (Å²) >= 11 is 0. The zero-order valence-corrected chi connectivity index (χ0v) is 15.7. The summed E-state index contributed by atoms with van der Waals surface area (Å²) in [6.45, 7) is 0. The summed E-state index contributed by atoms with van der Waals surface area (Å²) in [5, 5.41) is 7.21. The normalized spacial score (nSPS) is 21.5. The first-order valence-corrected chi connectivity index (χ1v) is 10.1. The predicted octanol–water partition coefficient (Wildman–Crippen LogP) is 4.07. The van der Waals surface area contributed by atoms with Crippen LogP contribution in [-0.4, -0.2) is 39.3 Å². The number of hydrogen-bond acceptors (Lipinski definition) is 3. The number of amides is 1. The zero-order chi connectivity index (χ0) is 19.1. The smallest absolute Gasteiger partial charge is 0.254 e. The third-order valence-corrected chi connectivity index (χ3v) is 5.93. The Hall–Kier alpha value is -2.76. The molecule has 0 bridgehead atoms. The van der Waals surface area contributed by atoms with Crippen LogP contribution in [0, 0.1) is 0 Å². The van der Waals surface area contributed by atoms with Gasteiger partial charge in [-0.3, -0.25) is 14.9 Å². The number of nitrogens with zero attached hydrogens (tertiary/aromatic N) is 3. The lowest BCUT2D eigenvalue weighted by molar-refractivity contribution is 0.0643. The molecule has 1 aromatic heterocycles. The van der Waals surface area contributed by atoms with Crippen molar-refractivity contribution in [2.75, 3.05) is 0 Å². The molecule has 1 unspecified atom stereocenters. The molecule has 144 valence electrons. The molecular formula is C22H23FN4O. The largest absolute Gasteiger partial charge is 0.332 e. The number of rotatable bonds is 4. The van der Waals surface area contributed by atoms with E-state index in [1.54, 1.807) is 6.21 Å². The van der Waals surface area contributed by atoms with Gasteiger partial charge in [0.25, 0.3) is 5.91 Å². The van der Waals surface area contributed by atoms with Crippen LogP contribution in [0.3, 0.4) is 0 Å². The predicted molar refractivity (Wildman–Crippen MR) is 106 cm³/mol. The number of aromatic amines is 1. The van der Waals surface area contributed by atoms with Crippen molar-refractivity contribution in [3.8, 4) is 0 Å². The Labute approximate surface area is 163 Å². The zero-order valence-electron chi connectivity index (χ0n) is 15.7. The first kappa shape index (κ1) is 17.3. The van der Waals surface area contributed by atoms with Gasteiger partial charge in [-0.05, 0) is 56.2 Å². The molecule has 5 nitrogen and oxygen atoms in total. The van der Waals surface area contributed by atoms with Crippen LogP contribution >= 0.6 is 0 Å². The maximum absolute atomic E-state index is 14.1. The van der Waals surface area contributed by atoms with E-state index >= 15 is 0 Å². The van der Waals surface area contributed by atoms with Gasteiger partial charge in [0.1, 0.15) is 11.5 Å². The molecule has 0 spiro atoms. The maximum atomic E-state index is 14.1. The molecule has 1 aromatic carbocycles. The molecular weight excluding hydrogens is 355 g/mol. The van der Waals surface area contributed by atoms with Crippen LogP contribution in [0.2, 0.25) is 0 Å². The Morgan fingerprint density at radius 1 is 1.11 bits per heavy atom. The third-order valence-electron chi connectivity index (χ3n) is 5.93. The first-order chi connectivity index (χ1) is 13.7. The molecule has 1 saturated carbocycles. The minimum Gasteiger partial charge on any atom is -0.332 e. The molecule has 1 amide bonds. The number of benzene rings is 1. The standard InChI is InChI=1S/C22H23FN4O/c23-19-2-1-11-24-21(19)14-3-5-15(6-4-14)22(28)27(17-7-8-17)18-9-10-20-16(12-18)13-25-26-20/h3-6,11,13,17-18H,1-2,7-10,12H2,(H,25,26). The van der Waals surface area contributed by atoms with Crippen LogP contribution in [0.1, 0.15) is 59.3 Å². The molecule has 0 saturated heterocycles. The monoisotopic (exact) mass is 378 g/mol. The van der Waals surface area contributed by atoms with Gasteiger partial charge in [-0.25, -0.2) is 4.39 Å². The Kier molecular flexibility index (Phi) is 4.34. The van der Waals surface area contributed by atoms with E-state index in [1.165, 1.54) is 11.3 Å². The second-order valence-electron chi connectivity index (χ2n) is 7.90. The number of aliphatic imine (C=N–C) groups is 1. The van der Waals surface area contributed by atoms with E-state index in [-0.39, 0.29) is 17.8 Å². The lowest BCUT2D eigenvalue weighted by Gasteiger charge is -2.34. The summed E-state index contributed by atoms with van der Waals surface area (Å²) in [5.41, 5.74) is 4.21. The molecule has 1 atom stereocenters. The van der Waals surface area contributed by atoms with E-state index in [1.807, 2.05) is 30.5 Å². The molecule has 1 fully saturated rings. The van der Waals surface area contributed by atoms with Gasteiger partial charge in [-0.15, -0.1) is 0 Å². The van der Waals surface area contributed by atoms with Crippen molar-refractivity contribution >= 4 is 17.8 Å². The lowest BCUT2D eigenvalue weighted by atomic mass is 9.91. The Bertz CT molecular complexity index is 955. The van der Waals surface area contributed by atoms with E-state index in [9.17, 15) is 9.18 Å². The number of nitrogens with one attached hydrogen (secondary N) is 1. The number of carbonyl (C=O) groups excluding carboxylic acids is 1. The van der Waals surface area contributed by atoms with E-state index < -0.39 is 0 Å². The number of halogens is 1. The van der Waals surface area contributed by atoms with Crippen LogP contribution in [0.5, 0.6) is 0 Å².